The third kappa shape index (κ3) is 44.9. The van der Waals surface area contributed by atoms with Crippen molar-refractivity contribution in [3.8, 4) is 0 Å². The second-order valence-electron chi connectivity index (χ2n) is 15.2. The van der Waals surface area contributed by atoms with Crippen LogP contribution < -0.4 is 0 Å². The number of carbonyl (C=O) groups is 3. The normalized spacial score (nSPS) is 13.2. The number of esters is 3. The monoisotopic (exact) mass is 829 g/mol. The van der Waals surface area contributed by atoms with Crippen LogP contribution >= 0.6 is 0 Å². The Morgan fingerprint density at radius 2 is 0.667 bits per heavy atom. The first-order chi connectivity index (χ1) is 29.5. The van der Waals surface area contributed by atoms with Crippen LogP contribution in [0.25, 0.3) is 0 Å². The van der Waals surface area contributed by atoms with E-state index in [1.165, 1.54) is 70.6 Å². The number of hydrogen-bond donors (Lipinski definition) is 0. The molecule has 0 aliphatic heterocycles. The standard InChI is InChI=1S/C54H84O6/c1-4-7-10-13-16-19-22-25-27-30-32-35-38-41-44-47-53(56)59-50-51(49-58-52(55)46-43-40-37-34-31-28-24-21-18-15-12-9-6-3)60-54(57)48-45-42-39-36-33-29-26-23-20-17-14-11-8-5-2/h7,9-10,12-13,15-16,18-19,21-22,24-25,27-28,30-32,34,37,51H,4-6,8,11,14,17,20,23,26,29,33,35-36,38-50H2,1-3H3/b10-7+,12-9+,16-13+,18-15+,22-19+,24-21+,27-25+,31-28+,32-30+,37-34+. The first-order valence-electron chi connectivity index (χ1n) is 23.7. The van der Waals surface area contributed by atoms with E-state index in [1.807, 2.05) is 103 Å². The van der Waals surface area contributed by atoms with Crippen molar-refractivity contribution in [3.05, 3.63) is 122 Å². The molecule has 60 heavy (non-hydrogen) atoms. The van der Waals surface area contributed by atoms with E-state index in [9.17, 15) is 14.4 Å². The summed E-state index contributed by atoms with van der Waals surface area (Å²) < 4.78 is 16.6. The molecule has 0 rings (SSSR count). The predicted octanol–water partition coefficient (Wildman–Crippen LogP) is 15.4. The van der Waals surface area contributed by atoms with Gasteiger partial charge in [-0.25, -0.2) is 0 Å². The third-order valence-electron chi connectivity index (χ3n) is 9.47. The van der Waals surface area contributed by atoms with Gasteiger partial charge in [0.05, 0.1) is 0 Å². The van der Waals surface area contributed by atoms with Crippen LogP contribution in [-0.4, -0.2) is 37.2 Å². The highest BCUT2D eigenvalue weighted by Crippen LogP contribution is 2.14. The largest absolute Gasteiger partial charge is 0.462 e. The van der Waals surface area contributed by atoms with E-state index in [4.69, 9.17) is 14.2 Å². The molecule has 0 N–H and O–H groups in total. The van der Waals surface area contributed by atoms with E-state index in [2.05, 4.69) is 39.0 Å². The minimum Gasteiger partial charge on any atom is -0.462 e. The minimum atomic E-state index is -0.824. The number of allylic oxidation sites excluding steroid dienone is 20. The summed E-state index contributed by atoms with van der Waals surface area (Å²) in [5, 5.41) is 0. The summed E-state index contributed by atoms with van der Waals surface area (Å²) in [6.07, 6.45) is 64.7. The van der Waals surface area contributed by atoms with Crippen LogP contribution in [0, 0.1) is 0 Å². The van der Waals surface area contributed by atoms with Gasteiger partial charge < -0.3 is 14.2 Å². The summed E-state index contributed by atoms with van der Waals surface area (Å²) in [5.41, 5.74) is 0. The van der Waals surface area contributed by atoms with Crippen molar-refractivity contribution in [3.63, 3.8) is 0 Å². The van der Waals surface area contributed by atoms with Gasteiger partial charge in [-0.1, -0.05) is 232 Å². The lowest BCUT2D eigenvalue weighted by Crippen LogP contribution is -2.30. The van der Waals surface area contributed by atoms with Gasteiger partial charge in [0.25, 0.3) is 0 Å². The summed E-state index contributed by atoms with van der Waals surface area (Å²) >= 11 is 0. The van der Waals surface area contributed by atoms with Crippen LogP contribution in [0.1, 0.15) is 181 Å². The molecule has 0 saturated carbocycles. The summed E-state index contributed by atoms with van der Waals surface area (Å²) in [7, 11) is 0. The van der Waals surface area contributed by atoms with E-state index in [0.717, 1.165) is 64.2 Å². The summed E-state index contributed by atoms with van der Waals surface area (Å²) in [5.74, 6) is -1.05. The molecule has 0 radical (unpaired) electrons. The van der Waals surface area contributed by atoms with Gasteiger partial charge in [0.15, 0.2) is 6.10 Å². The fourth-order valence-corrected chi connectivity index (χ4v) is 5.96. The van der Waals surface area contributed by atoms with Crippen molar-refractivity contribution < 1.29 is 28.6 Å². The first kappa shape index (κ1) is 55.8. The van der Waals surface area contributed by atoms with Crippen molar-refractivity contribution in [1.29, 1.82) is 0 Å². The lowest BCUT2D eigenvalue weighted by atomic mass is 10.0. The zero-order chi connectivity index (χ0) is 43.7. The Bertz CT molecular complexity index is 1320. The first-order valence-corrected chi connectivity index (χ1v) is 23.7. The highest BCUT2D eigenvalue weighted by molar-refractivity contribution is 5.71. The molecular weight excluding hydrogens is 745 g/mol. The molecule has 1 atom stereocenters. The maximum atomic E-state index is 12.8. The SMILES string of the molecule is CC/C=C/C=C/C=C/C=C/C=C/CCCCCC(=O)OCC(COC(=O)CCC/C=C/C=C/C=C/C=C/C=C/CC)OC(=O)CCCCCCCCCCCCCCCC. The molecule has 0 aliphatic carbocycles. The molecule has 6 nitrogen and oxygen atoms in total. The fourth-order valence-electron chi connectivity index (χ4n) is 5.96. The Labute approximate surface area is 367 Å². The number of carbonyl (C=O) groups excluding carboxylic acids is 3. The van der Waals surface area contributed by atoms with Crippen LogP contribution in [0.5, 0.6) is 0 Å². The molecule has 6 heteroatoms. The van der Waals surface area contributed by atoms with Crippen LogP contribution in [0.3, 0.4) is 0 Å². The van der Waals surface area contributed by atoms with Gasteiger partial charge in [-0.05, 0) is 51.4 Å². The molecule has 1 unspecified atom stereocenters. The second-order valence-corrected chi connectivity index (χ2v) is 15.2. The minimum absolute atomic E-state index is 0.125. The van der Waals surface area contributed by atoms with Crippen LogP contribution in [0.2, 0.25) is 0 Å². The second kappa shape index (κ2) is 47.5. The average Bonchev–Trinajstić information content (AvgIpc) is 3.24. The highest BCUT2D eigenvalue weighted by Gasteiger charge is 2.19. The molecule has 0 aromatic rings. The smallest absolute Gasteiger partial charge is 0.306 e. The Morgan fingerprint density at radius 3 is 1.08 bits per heavy atom. The molecule has 336 valence electrons. The van der Waals surface area contributed by atoms with Gasteiger partial charge in [0.1, 0.15) is 13.2 Å². The van der Waals surface area contributed by atoms with Crippen LogP contribution in [0.15, 0.2) is 122 Å². The number of ether oxygens (including phenoxy) is 3. The Hall–Kier alpha value is -4.19. The van der Waals surface area contributed by atoms with Gasteiger partial charge in [-0.3, -0.25) is 14.4 Å². The van der Waals surface area contributed by atoms with Gasteiger partial charge >= 0.3 is 17.9 Å². The molecule has 0 spiro atoms. The maximum Gasteiger partial charge on any atom is 0.306 e. The summed E-state index contributed by atoms with van der Waals surface area (Å²) in [6, 6.07) is 0. The van der Waals surface area contributed by atoms with Crippen molar-refractivity contribution >= 4 is 17.9 Å². The van der Waals surface area contributed by atoms with Crippen LogP contribution in [0.4, 0.5) is 0 Å². The molecule has 0 saturated heterocycles. The molecule has 0 aromatic carbocycles. The molecule has 0 heterocycles. The predicted molar refractivity (Wildman–Crippen MR) is 256 cm³/mol. The van der Waals surface area contributed by atoms with E-state index < -0.39 is 6.10 Å². The summed E-state index contributed by atoms with van der Waals surface area (Å²) in [4.78, 5) is 37.8. The van der Waals surface area contributed by atoms with E-state index in [0.29, 0.717) is 19.3 Å². The summed E-state index contributed by atoms with van der Waals surface area (Å²) in [6.45, 7) is 6.22. The quantitative estimate of drug-likeness (QED) is 0.0265. The van der Waals surface area contributed by atoms with Crippen molar-refractivity contribution in [1.82, 2.24) is 0 Å². The van der Waals surface area contributed by atoms with E-state index >= 15 is 0 Å². The fraction of sp³-hybridized carbons (Fsp3) is 0.574. The van der Waals surface area contributed by atoms with Gasteiger partial charge in [-0.2, -0.15) is 0 Å². The van der Waals surface area contributed by atoms with Crippen molar-refractivity contribution in [2.24, 2.45) is 0 Å². The number of unbranched alkanes of at least 4 members (excludes halogenated alkanes) is 17. The van der Waals surface area contributed by atoms with Gasteiger partial charge in [0.2, 0.25) is 0 Å². The molecule has 0 amide bonds. The molecule has 0 aromatic heterocycles. The zero-order valence-corrected chi connectivity index (χ0v) is 38.2. The third-order valence-corrected chi connectivity index (χ3v) is 9.47. The van der Waals surface area contributed by atoms with E-state index in [-0.39, 0.29) is 37.5 Å². The Kier molecular flexibility index (Phi) is 44.2. The maximum absolute atomic E-state index is 12.8. The van der Waals surface area contributed by atoms with Gasteiger partial charge in [-0.15, -0.1) is 0 Å². The van der Waals surface area contributed by atoms with Crippen LogP contribution in [-0.2, 0) is 28.6 Å². The topological polar surface area (TPSA) is 78.9 Å². The van der Waals surface area contributed by atoms with E-state index in [1.54, 1.807) is 0 Å². The molecule has 0 bridgehead atoms. The average molecular weight is 829 g/mol. The Balaban J connectivity index is 4.59. The zero-order valence-electron chi connectivity index (χ0n) is 38.2. The lowest BCUT2D eigenvalue weighted by Gasteiger charge is -2.18. The molecule has 0 fully saturated rings. The van der Waals surface area contributed by atoms with Gasteiger partial charge in [0, 0.05) is 19.3 Å². The number of hydrogen-bond acceptors (Lipinski definition) is 6. The van der Waals surface area contributed by atoms with Crippen molar-refractivity contribution in [2.45, 2.75) is 187 Å². The lowest BCUT2D eigenvalue weighted by molar-refractivity contribution is -0.167. The van der Waals surface area contributed by atoms with Crippen molar-refractivity contribution in [2.75, 3.05) is 13.2 Å². The molecule has 0 aliphatic rings. The Morgan fingerprint density at radius 1 is 0.350 bits per heavy atom. The highest BCUT2D eigenvalue weighted by atomic mass is 16.6. The number of rotatable bonds is 40. The molecular formula is C54H84O6.